The molecule has 0 atom stereocenters. The first kappa shape index (κ1) is 17.0. The number of hydrogen-bond acceptors (Lipinski definition) is 9. The summed E-state index contributed by atoms with van der Waals surface area (Å²) >= 11 is 1.50. The Morgan fingerprint density at radius 1 is 1.19 bits per heavy atom. The molecule has 0 spiro atoms. The highest BCUT2D eigenvalue weighted by Gasteiger charge is 2.11. The van der Waals surface area contributed by atoms with E-state index in [-0.39, 0.29) is 0 Å². The van der Waals surface area contributed by atoms with Gasteiger partial charge in [-0.25, -0.2) is 15.0 Å². The summed E-state index contributed by atoms with van der Waals surface area (Å²) < 4.78 is 6.27. The summed E-state index contributed by atoms with van der Waals surface area (Å²) in [6, 6.07) is 9.61. The van der Waals surface area contributed by atoms with Gasteiger partial charge >= 0.3 is 0 Å². The van der Waals surface area contributed by atoms with Crippen molar-refractivity contribution in [3.63, 3.8) is 0 Å². The van der Waals surface area contributed by atoms with Gasteiger partial charge in [0.2, 0.25) is 0 Å². The van der Waals surface area contributed by atoms with Crippen LogP contribution in [0, 0.1) is 0 Å². The van der Waals surface area contributed by atoms with Crippen molar-refractivity contribution in [1.82, 2.24) is 19.9 Å². The molecule has 4 rings (SSSR count). The minimum atomic E-state index is 0.429. The van der Waals surface area contributed by atoms with Crippen LogP contribution in [0.15, 0.2) is 49.1 Å². The largest absolute Gasteiger partial charge is 0.497 e. The first-order chi connectivity index (χ1) is 13.2. The SMILES string of the molecule is COc1ccc2nc(Nc3ncnc(NCc4cccnc4)c3N)sc2c1. The molecule has 0 aliphatic carbocycles. The molecule has 0 aliphatic rings. The molecule has 3 aromatic heterocycles. The molecule has 0 fully saturated rings. The van der Waals surface area contributed by atoms with Crippen molar-refractivity contribution in [3.8, 4) is 5.75 Å². The van der Waals surface area contributed by atoms with E-state index in [0.29, 0.717) is 29.0 Å². The predicted octanol–water partition coefficient (Wildman–Crippen LogP) is 3.43. The van der Waals surface area contributed by atoms with Crippen molar-refractivity contribution in [2.45, 2.75) is 6.54 Å². The minimum absolute atomic E-state index is 0.429. The molecular formula is C18H17N7OS. The number of thiazole rings is 1. The minimum Gasteiger partial charge on any atom is -0.497 e. The van der Waals surface area contributed by atoms with Crippen LogP contribution in [-0.4, -0.2) is 27.0 Å². The van der Waals surface area contributed by atoms with Gasteiger partial charge in [0.1, 0.15) is 17.8 Å². The van der Waals surface area contributed by atoms with E-state index < -0.39 is 0 Å². The van der Waals surface area contributed by atoms with Gasteiger partial charge in [-0.1, -0.05) is 17.4 Å². The number of nitrogens with one attached hydrogen (secondary N) is 2. The average molecular weight is 379 g/mol. The van der Waals surface area contributed by atoms with Crippen LogP contribution in [0.3, 0.4) is 0 Å². The predicted molar refractivity (Wildman–Crippen MR) is 107 cm³/mol. The van der Waals surface area contributed by atoms with Gasteiger partial charge in [0.05, 0.1) is 17.3 Å². The van der Waals surface area contributed by atoms with Gasteiger partial charge < -0.3 is 21.1 Å². The van der Waals surface area contributed by atoms with Crippen LogP contribution < -0.4 is 21.1 Å². The summed E-state index contributed by atoms with van der Waals surface area (Å²) in [5.74, 6) is 1.85. The van der Waals surface area contributed by atoms with Crippen molar-refractivity contribution in [2.24, 2.45) is 0 Å². The van der Waals surface area contributed by atoms with Gasteiger partial charge in [0, 0.05) is 18.9 Å². The number of hydrogen-bond donors (Lipinski definition) is 3. The smallest absolute Gasteiger partial charge is 0.189 e. The number of benzene rings is 1. The third kappa shape index (κ3) is 3.72. The third-order valence-electron chi connectivity index (χ3n) is 3.89. The topological polar surface area (TPSA) is 111 Å². The number of nitrogen functional groups attached to an aromatic ring is 1. The van der Waals surface area contributed by atoms with Crippen molar-refractivity contribution in [2.75, 3.05) is 23.5 Å². The fraction of sp³-hybridized carbons (Fsp3) is 0.111. The van der Waals surface area contributed by atoms with Crippen molar-refractivity contribution < 1.29 is 4.74 Å². The zero-order valence-corrected chi connectivity index (χ0v) is 15.3. The number of anilines is 4. The van der Waals surface area contributed by atoms with Crippen LogP contribution in [0.2, 0.25) is 0 Å². The molecule has 0 saturated carbocycles. The summed E-state index contributed by atoms with van der Waals surface area (Å²) in [6.45, 7) is 0.565. The normalized spacial score (nSPS) is 10.7. The van der Waals surface area contributed by atoms with Gasteiger partial charge in [-0.05, 0) is 29.8 Å². The van der Waals surface area contributed by atoms with Crippen LogP contribution in [-0.2, 0) is 6.54 Å². The summed E-state index contributed by atoms with van der Waals surface area (Å²) in [4.78, 5) is 17.1. The molecule has 4 N–H and O–H groups in total. The second kappa shape index (κ2) is 7.42. The van der Waals surface area contributed by atoms with Gasteiger partial charge in [0.15, 0.2) is 16.8 Å². The van der Waals surface area contributed by atoms with Gasteiger partial charge in [-0.15, -0.1) is 0 Å². The molecule has 27 heavy (non-hydrogen) atoms. The van der Waals surface area contributed by atoms with Crippen LogP contribution in [0.25, 0.3) is 10.2 Å². The van der Waals surface area contributed by atoms with E-state index in [0.717, 1.165) is 21.5 Å². The Morgan fingerprint density at radius 2 is 2.07 bits per heavy atom. The number of methoxy groups -OCH3 is 1. The van der Waals surface area contributed by atoms with E-state index in [1.807, 2.05) is 30.3 Å². The van der Waals surface area contributed by atoms with Gasteiger partial charge in [0.25, 0.3) is 0 Å². The maximum atomic E-state index is 6.23. The number of aromatic nitrogens is 4. The first-order valence-electron chi connectivity index (χ1n) is 8.18. The number of rotatable bonds is 6. The number of nitrogens with two attached hydrogens (primary N) is 1. The van der Waals surface area contributed by atoms with Crippen LogP contribution in [0.4, 0.5) is 22.5 Å². The molecule has 8 nitrogen and oxygen atoms in total. The second-order valence-electron chi connectivity index (χ2n) is 5.68. The Balaban J connectivity index is 1.54. The molecule has 1 aromatic carbocycles. The lowest BCUT2D eigenvalue weighted by Crippen LogP contribution is -2.08. The van der Waals surface area contributed by atoms with E-state index in [1.54, 1.807) is 19.5 Å². The Kier molecular flexibility index (Phi) is 4.67. The lowest BCUT2D eigenvalue weighted by atomic mass is 10.3. The standard InChI is InChI=1S/C18H17N7OS/c1-26-12-4-5-13-14(7-12)27-18(24-13)25-17-15(19)16(22-10-23-17)21-9-11-3-2-6-20-8-11/h2-8,10H,9,19H2,1H3,(H2,21,22,23,24,25). The summed E-state index contributed by atoms with van der Waals surface area (Å²) in [5.41, 5.74) is 8.57. The highest BCUT2D eigenvalue weighted by atomic mass is 32.1. The van der Waals surface area contributed by atoms with Crippen molar-refractivity contribution >= 4 is 44.0 Å². The highest BCUT2D eigenvalue weighted by Crippen LogP contribution is 2.32. The fourth-order valence-electron chi connectivity index (χ4n) is 2.51. The summed E-state index contributed by atoms with van der Waals surface area (Å²) in [6.07, 6.45) is 4.98. The third-order valence-corrected chi connectivity index (χ3v) is 4.82. The molecule has 0 bridgehead atoms. The Morgan fingerprint density at radius 3 is 2.89 bits per heavy atom. The molecule has 0 aliphatic heterocycles. The second-order valence-corrected chi connectivity index (χ2v) is 6.71. The Bertz CT molecular complexity index is 1070. The van der Waals surface area contributed by atoms with Crippen LogP contribution >= 0.6 is 11.3 Å². The Hall–Kier alpha value is -3.46. The number of pyridine rings is 1. The van der Waals surface area contributed by atoms with E-state index in [9.17, 15) is 0 Å². The first-order valence-corrected chi connectivity index (χ1v) is 8.99. The lowest BCUT2D eigenvalue weighted by molar-refractivity contribution is 0.415. The zero-order valence-electron chi connectivity index (χ0n) is 14.5. The average Bonchev–Trinajstić information content (AvgIpc) is 3.11. The van der Waals surface area contributed by atoms with E-state index in [4.69, 9.17) is 10.5 Å². The maximum absolute atomic E-state index is 6.23. The van der Waals surface area contributed by atoms with E-state index in [1.165, 1.54) is 17.7 Å². The fourth-order valence-corrected chi connectivity index (χ4v) is 3.40. The van der Waals surface area contributed by atoms with Crippen molar-refractivity contribution in [1.29, 1.82) is 0 Å². The van der Waals surface area contributed by atoms with Crippen LogP contribution in [0.5, 0.6) is 5.75 Å². The van der Waals surface area contributed by atoms with Gasteiger partial charge in [-0.2, -0.15) is 0 Å². The molecule has 0 unspecified atom stereocenters. The monoisotopic (exact) mass is 379 g/mol. The summed E-state index contributed by atoms with van der Waals surface area (Å²) in [7, 11) is 1.64. The molecule has 136 valence electrons. The number of nitrogens with zero attached hydrogens (tertiary/aromatic N) is 4. The zero-order chi connectivity index (χ0) is 18.6. The summed E-state index contributed by atoms with van der Waals surface area (Å²) in [5, 5.41) is 7.08. The molecule has 3 heterocycles. The molecule has 9 heteroatoms. The van der Waals surface area contributed by atoms with E-state index in [2.05, 4.69) is 30.6 Å². The quantitative estimate of drug-likeness (QED) is 0.467. The molecule has 0 amide bonds. The van der Waals surface area contributed by atoms with Gasteiger partial charge in [-0.3, -0.25) is 4.98 Å². The number of fused-ring (bicyclic) bond motifs is 1. The number of ether oxygens (including phenoxy) is 1. The molecule has 0 saturated heterocycles. The molecular weight excluding hydrogens is 362 g/mol. The van der Waals surface area contributed by atoms with Crippen molar-refractivity contribution in [3.05, 3.63) is 54.6 Å². The highest BCUT2D eigenvalue weighted by molar-refractivity contribution is 7.22. The van der Waals surface area contributed by atoms with E-state index >= 15 is 0 Å². The van der Waals surface area contributed by atoms with Crippen LogP contribution in [0.1, 0.15) is 5.56 Å². The Labute approximate surface area is 159 Å². The lowest BCUT2D eigenvalue weighted by Gasteiger charge is -2.11. The molecule has 4 aromatic rings. The molecule has 0 radical (unpaired) electrons. The maximum Gasteiger partial charge on any atom is 0.189 e.